The van der Waals surface area contributed by atoms with Crippen molar-refractivity contribution in [3.63, 3.8) is 0 Å². The van der Waals surface area contributed by atoms with Crippen LogP contribution in [0.1, 0.15) is 40.5 Å². The summed E-state index contributed by atoms with van der Waals surface area (Å²) in [6.45, 7) is 7.85. The molecule has 0 saturated carbocycles. The average molecular weight is 313 g/mol. The van der Waals surface area contributed by atoms with Crippen LogP contribution in [0.5, 0.6) is 0 Å². The van der Waals surface area contributed by atoms with E-state index in [0.29, 0.717) is 5.82 Å². The highest BCUT2D eigenvalue weighted by Crippen LogP contribution is 2.11. The van der Waals surface area contributed by atoms with Gasteiger partial charge in [-0.15, -0.1) is 0 Å². The number of carbonyl (C=O) groups is 2. The molecule has 8 heteroatoms. The molecular formula is C13H19N3O4S. The fraction of sp³-hybridized carbons (Fsp3) is 0.538. The standard InChI is InChI=1S/C11H14N2O4S.C2H5N/c1-4-16-10(14)7-8(11(15)17-5-2)12-6(3)13-9(7)18;1-2-3-1/h4-5H2,1-3H3,(H,12,13,18);3H,1-2H2. The molecule has 1 fully saturated rings. The highest BCUT2D eigenvalue weighted by molar-refractivity contribution is 7.71. The highest BCUT2D eigenvalue weighted by atomic mass is 32.1. The van der Waals surface area contributed by atoms with Crippen molar-refractivity contribution < 1.29 is 19.1 Å². The number of carbonyl (C=O) groups excluding carboxylic acids is 2. The van der Waals surface area contributed by atoms with E-state index >= 15 is 0 Å². The topological polar surface area (TPSA) is 103 Å². The number of aromatic amines is 1. The van der Waals surface area contributed by atoms with Gasteiger partial charge in [-0.05, 0) is 20.8 Å². The monoisotopic (exact) mass is 313 g/mol. The number of hydrogen-bond donors (Lipinski definition) is 2. The molecule has 0 amide bonds. The maximum absolute atomic E-state index is 11.7. The number of ether oxygens (including phenoxy) is 2. The van der Waals surface area contributed by atoms with E-state index in [4.69, 9.17) is 21.7 Å². The number of nitrogens with one attached hydrogen (secondary N) is 2. The van der Waals surface area contributed by atoms with Crippen LogP contribution in [0, 0.1) is 11.6 Å². The first-order chi connectivity index (χ1) is 10.0. The van der Waals surface area contributed by atoms with E-state index in [0.717, 1.165) is 0 Å². The van der Waals surface area contributed by atoms with Crippen LogP contribution < -0.4 is 5.32 Å². The van der Waals surface area contributed by atoms with Gasteiger partial charge in [0.15, 0.2) is 0 Å². The molecule has 0 radical (unpaired) electrons. The first-order valence-corrected chi connectivity index (χ1v) is 7.07. The zero-order valence-electron chi connectivity index (χ0n) is 12.3. The Bertz CT molecular complexity index is 566. The van der Waals surface area contributed by atoms with Gasteiger partial charge in [0.1, 0.15) is 21.7 Å². The normalized spacial score (nSPS) is 12.0. The molecule has 21 heavy (non-hydrogen) atoms. The fourth-order valence-corrected chi connectivity index (χ4v) is 1.66. The molecule has 0 bridgehead atoms. The summed E-state index contributed by atoms with van der Waals surface area (Å²) < 4.78 is 9.72. The van der Waals surface area contributed by atoms with Crippen LogP contribution in [0.25, 0.3) is 0 Å². The molecule has 0 aromatic carbocycles. The van der Waals surface area contributed by atoms with Crippen LogP contribution in [-0.4, -0.2) is 48.2 Å². The first kappa shape index (κ1) is 17.3. The lowest BCUT2D eigenvalue weighted by Crippen LogP contribution is -2.18. The van der Waals surface area contributed by atoms with Crippen molar-refractivity contribution in [3.8, 4) is 0 Å². The number of rotatable bonds is 4. The van der Waals surface area contributed by atoms with Crippen molar-refractivity contribution in [3.05, 3.63) is 21.7 Å². The second-order valence-electron chi connectivity index (χ2n) is 4.07. The second-order valence-corrected chi connectivity index (χ2v) is 4.46. The number of aryl methyl sites for hydroxylation is 1. The molecule has 0 unspecified atom stereocenters. The number of hydrogen-bond acceptors (Lipinski definition) is 7. The van der Waals surface area contributed by atoms with Crippen molar-refractivity contribution >= 4 is 24.2 Å². The third-order valence-corrected chi connectivity index (χ3v) is 2.54. The first-order valence-electron chi connectivity index (χ1n) is 6.67. The Hall–Kier alpha value is -1.80. The number of H-pyrrole nitrogens is 1. The summed E-state index contributed by atoms with van der Waals surface area (Å²) >= 11 is 4.98. The summed E-state index contributed by atoms with van der Waals surface area (Å²) in [6.07, 6.45) is 0. The maximum Gasteiger partial charge on any atom is 0.355 e. The molecule has 116 valence electrons. The lowest BCUT2D eigenvalue weighted by atomic mass is 10.2. The van der Waals surface area contributed by atoms with Crippen molar-refractivity contribution in [2.75, 3.05) is 26.3 Å². The van der Waals surface area contributed by atoms with E-state index in [1.54, 1.807) is 20.8 Å². The van der Waals surface area contributed by atoms with Gasteiger partial charge < -0.3 is 19.8 Å². The van der Waals surface area contributed by atoms with Gasteiger partial charge in [0.05, 0.1) is 13.2 Å². The van der Waals surface area contributed by atoms with Gasteiger partial charge in [0.25, 0.3) is 0 Å². The van der Waals surface area contributed by atoms with E-state index < -0.39 is 11.9 Å². The third kappa shape index (κ3) is 5.60. The molecule has 1 aliphatic rings. The van der Waals surface area contributed by atoms with E-state index in [-0.39, 0.29) is 29.1 Å². The number of aromatic nitrogens is 2. The van der Waals surface area contributed by atoms with Crippen LogP contribution in [0.15, 0.2) is 0 Å². The van der Waals surface area contributed by atoms with Gasteiger partial charge in [0.2, 0.25) is 0 Å². The number of nitrogens with zero attached hydrogens (tertiary/aromatic N) is 1. The smallest absolute Gasteiger partial charge is 0.355 e. The Morgan fingerprint density at radius 3 is 2.19 bits per heavy atom. The molecule has 0 aliphatic carbocycles. The fourth-order valence-electron chi connectivity index (χ4n) is 1.34. The zero-order valence-corrected chi connectivity index (χ0v) is 13.1. The average Bonchev–Trinajstić information content (AvgIpc) is 3.26. The van der Waals surface area contributed by atoms with Crippen LogP contribution in [0.4, 0.5) is 0 Å². The van der Waals surface area contributed by atoms with Crippen LogP contribution in [0.3, 0.4) is 0 Å². The van der Waals surface area contributed by atoms with Gasteiger partial charge in [-0.25, -0.2) is 14.6 Å². The lowest BCUT2D eigenvalue weighted by molar-refractivity contribution is 0.0471. The molecule has 2 N–H and O–H groups in total. The summed E-state index contributed by atoms with van der Waals surface area (Å²) in [4.78, 5) is 30.1. The zero-order chi connectivity index (χ0) is 15.8. The van der Waals surface area contributed by atoms with Gasteiger partial charge in [-0.1, -0.05) is 12.2 Å². The molecule has 2 rings (SSSR count). The molecule has 7 nitrogen and oxygen atoms in total. The minimum absolute atomic E-state index is 0.0206. The summed E-state index contributed by atoms with van der Waals surface area (Å²) in [7, 11) is 0. The molecule has 0 spiro atoms. The Morgan fingerprint density at radius 1 is 1.19 bits per heavy atom. The Balaban J connectivity index is 0.000000647. The van der Waals surface area contributed by atoms with E-state index in [2.05, 4.69) is 15.3 Å². The molecular weight excluding hydrogens is 294 g/mol. The Labute approximate surface area is 128 Å². The van der Waals surface area contributed by atoms with Gasteiger partial charge in [-0.2, -0.15) is 0 Å². The third-order valence-electron chi connectivity index (χ3n) is 2.25. The lowest BCUT2D eigenvalue weighted by Gasteiger charge is -2.09. The van der Waals surface area contributed by atoms with Gasteiger partial charge in [0, 0.05) is 13.1 Å². The molecule has 2 heterocycles. The Kier molecular flexibility index (Phi) is 6.97. The largest absolute Gasteiger partial charge is 0.462 e. The maximum atomic E-state index is 11.7. The summed E-state index contributed by atoms with van der Waals surface area (Å²) in [5, 5.41) is 3.00. The van der Waals surface area contributed by atoms with E-state index in [9.17, 15) is 9.59 Å². The summed E-state index contributed by atoms with van der Waals surface area (Å²) in [5.41, 5.74) is -0.0799. The van der Waals surface area contributed by atoms with E-state index in [1.165, 1.54) is 13.1 Å². The predicted molar refractivity (Wildman–Crippen MR) is 78.9 cm³/mol. The highest BCUT2D eigenvalue weighted by Gasteiger charge is 2.22. The second kappa shape index (κ2) is 8.48. The van der Waals surface area contributed by atoms with E-state index in [1.807, 2.05) is 0 Å². The molecule has 1 aromatic rings. The van der Waals surface area contributed by atoms with Crippen molar-refractivity contribution in [1.82, 2.24) is 15.3 Å². The summed E-state index contributed by atoms with van der Waals surface area (Å²) in [5.74, 6) is -0.914. The van der Waals surface area contributed by atoms with Crippen molar-refractivity contribution in [2.24, 2.45) is 0 Å². The van der Waals surface area contributed by atoms with Crippen LogP contribution >= 0.6 is 12.2 Å². The summed E-state index contributed by atoms with van der Waals surface area (Å²) in [6, 6.07) is 0. The number of esters is 2. The van der Waals surface area contributed by atoms with Crippen molar-refractivity contribution in [1.29, 1.82) is 0 Å². The minimum atomic E-state index is -0.686. The molecule has 1 saturated heterocycles. The molecule has 1 aliphatic heterocycles. The van der Waals surface area contributed by atoms with Crippen LogP contribution in [-0.2, 0) is 9.47 Å². The minimum Gasteiger partial charge on any atom is -0.462 e. The van der Waals surface area contributed by atoms with Gasteiger partial charge >= 0.3 is 11.9 Å². The SMILES string of the molecule is C1CN1.CCOC(=O)c1[nH]c(C)nc(=S)c1C(=O)OCC. The molecule has 0 atom stereocenters. The van der Waals surface area contributed by atoms with Gasteiger partial charge in [-0.3, -0.25) is 0 Å². The quantitative estimate of drug-likeness (QED) is 0.492. The molecule has 1 aromatic heterocycles. The van der Waals surface area contributed by atoms with Crippen molar-refractivity contribution in [2.45, 2.75) is 20.8 Å². The van der Waals surface area contributed by atoms with Crippen LogP contribution in [0.2, 0.25) is 0 Å². The predicted octanol–water partition coefficient (Wildman–Crippen LogP) is 1.39. The Morgan fingerprint density at radius 2 is 1.71 bits per heavy atom.